The smallest absolute Gasteiger partial charge is 0.191 e. The molecule has 0 atom stereocenters. The summed E-state index contributed by atoms with van der Waals surface area (Å²) in [5, 5.41) is 6.67. The molecule has 1 aliphatic rings. The first-order valence-corrected chi connectivity index (χ1v) is 9.41. The van der Waals surface area contributed by atoms with Crippen molar-refractivity contribution in [2.24, 2.45) is 10.9 Å². The van der Waals surface area contributed by atoms with E-state index in [0.717, 1.165) is 25.0 Å². The highest BCUT2D eigenvalue weighted by Gasteiger charge is 2.15. The van der Waals surface area contributed by atoms with E-state index in [2.05, 4.69) is 67.5 Å². The molecule has 1 aromatic carbocycles. The molecule has 2 rings (SSSR count). The highest BCUT2D eigenvalue weighted by molar-refractivity contribution is 5.79. The van der Waals surface area contributed by atoms with Gasteiger partial charge in [-0.1, -0.05) is 31.2 Å². The number of nitrogens with zero attached hydrogens (tertiary/aromatic N) is 2. The summed E-state index contributed by atoms with van der Waals surface area (Å²) in [6.45, 7) is 13.8. The molecule has 24 heavy (non-hydrogen) atoms. The third kappa shape index (κ3) is 6.52. The molecule has 2 N–H and O–H groups in total. The third-order valence-corrected chi connectivity index (χ3v) is 4.46. The van der Waals surface area contributed by atoms with Gasteiger partial charge in [-0.2, -0.15) is 0 Å². The molecule has 134 valence electrons. The number of hydrogen-bond acceptors (Lipinski definition) is 2. The zero-order valence-electron chi connectivity index (χ0n) is 15.8. The van der Waals surface area contributed by atoms with E-state index < -0.39 is 0 Å². The van der Waals surface area contributed by atoms with E-state index >= 15 is 0 Å². The van der Waals surface area contributed by atoms with Gasteiger partial charge in [-0.05, 0) is 63.7 Å². The summed E-state index contributed by atoms with van der Waals surface area (Å²) in [5.74, 6) is 1.78. The highest BCUT2D eigenvalue weighted by atomic mass is 15.2. The monoisotopic (exact) mass is 330 g/mol. The summed E-state index contributed by atoms with van der Waals surface area (Å²) in [6, 6.07) is 9.26. The second kappa shape index (κ2) is 9.67. The van der Waals surface area contributed by atoms with Crippen LogP contribution in [0.3, 0.4) is 0 Å². The molecule has 0 aromatic heterocycles. The Morgan fingerprint density at radius 3 is 2.62 bits per heavy atom. The quantitative estimate of drug-likeness (QED) is 0.620. The predicted molar refractivity (Wildman–Crippen MR) is 103 cm³/mol. The van der Waals surface area contributed by atoms with Crippen LogP contribution in [0.4, 0.5) is 0 Å². The SMILES string of the molecule is CCNC(=NCc1cccc(CN2CCC(C)CC2)c1)NC(C)C. The molecule has 1 aromatic rings. The third-order valence-electron chi connectivity index (χ3n) is 4.46. The Morgan fingerprint density at radius 2 is 1.96 bits per heavy atom. The molecule has 0 unspecified atom stereocenters. The number of rotatable bonds is 6. The van der Waals surface area contributed by atoms with Gasteiger partial charge in [0.05, 0.1) is 6.54 Å². The predicted octanol–water partition coefficient (Wildman–Crippen LogP) is 3.38. The molecule has 0 amide bonds. The second-order valence-corrected chi connectivity index (χ2v) is 7.27. The van der Waals surface area contributed by atoms with Crippen LogP contribution in [0.5, 0.6) is 0 Å². The molecule has 1 aliphatic heterocycles. The van der Waals surface area contributed by atoms with Crippen LogP contribution in [0.2, 0.25) is 0 Å². The van der Waals surface area contributed by atoms with E-state index in [1.165, 1.54) is 37.1 Å². The van der Waals surface area contributed by atoms with Crippen molar-refractivity contribution in [1.29, 1.82) is 0 Å². The summed E-state index contributed by atoms with van der Waals surface area (Å²) in [4.78, 5) is 7.28. The lowest BCUT2D eigenvalue weighted by Gasteiger charge is -2.30. The number of benzene rings is 1. The molecule has 0 spiro atoms. The van der Waals surface area contributed by atoms with Crippen molar-refractivity contribution in [2.45, 2.75) is 59.7 Å². The summed E-state index contributed by atoms with van der Waals surface area (Å²) in [5.41, 5.74) is 2.68. The minimum absolute atomic E-state index is 0.385. The Bertz CT molecular complexity index is 516. The van der Waals surface area contributed by atoms with Crippen LogP contribution in [0.25, 0.3) is 0 Å². The molecule has 0 aliphatic carbocycles. The number of nitrogens with one attached hydrogen (secondary N) is 2. The molecule has 1 saturated heterocycles. The van der Waals surface area contributed by atoms with Crippen LogP contribution in [-0.2, 0) is 13.1 Å². The van der Waals surface area contributed by atoms with E-state index in [-0.39, 0.29) is 0 Å². The van der Waals surface area contributed by atoms with Gasteiger partial charge in [0.15, 0.2) is 5.96 Å². The fourth-order valence-corrected chi connectivity index (χ4v) is 3.07. The van der Waals surface area contributed by atoms with Gasteiger partial charge < -0.3 is 10.6 Å². The van der Waals surface area contributed by atoms with Crippen LogP contribution in [0.1, 0.15) is 51.7 Å². The van der Waals surface area contributed by atoms with E-state index in [9.17, 15) is 0 Å². The van der Waals surface area contributed by atoms with Crippen molar-refractivity contribution in [1.82, 2.24) is 15.5 Å². The lowest BCUT2D eigenvalue weighted by molar-refractivity contribution is 0.185. The molecule has 4 heteroatoms. The van der Waals surface area contributed by atoms with Crippen molar-refractivity contribution < 1.29 is 0 Å². The van der Waals surface area contributed by atoms with Crippen molar-refractivity contribution in [3.63, 3.8) is 0 Å². The zero-order valence-corrected chi connectivity index (χ0v) is 15.8. The van der Waals surface area contributed by atoms with E-state index in [1.54, 1.807) is 0 Å². The number of likely N-dealkylation sites (tertiary alicyclic amines) is 1. The average molecular weight is 331 g/mol. The summed E-state index contributed by atoms with van der Waals surface area (Å²) in [7, 11) is 0. The van der Waals surface area contributed by atoms with Gasteiger partial charge in [0.1, 0.15) is 0 Å². The Kier molecular flexibility index (Phi) is 7.57. The van der Waals surface area contributed by atoms with Crippen LogP contribution in [0, 0.1) is 5.92 Å². The topological polar surface area (TPSA) is 39.7 Å². The first kappa shape index (κ1) is 18.8. The Hall–Kier alpha value is -1.55. The summed E-state index contributed by atoms with van der Waals surface area (Å²) >= 11 is 0. The van der Waals surface area contributed by atoms with Gasteiger partial charge in [-0.3, -0.25) is 4.90 Å². The van der Waals surface area contributed by atoms with E-state index in [0.29, 0.717) is 12.6 Å². The molecule has 4 nitrogen and oxygen atoms in total. The van der Waals surface area contributed by atoms with Gasteiger partial charge in [-0.25, -0.2) is 4.99 Å². The Balaban J connectivity index is 1.93. The largest absolute Gasteiger partial charge is 0.357 e. The molecule has 1 heterocycles. The molecule has 0 saturated carbocycles. The minimum atomic E-state index is 0.385. The van der Waals surface area contributed by atoms with E-state index in [1.807, 2.05) is 0 Å². The molecule has 1 fully saturated rings. The number of hydrogen-bond donors (Lipinski definition) is 2. The lowest BCUT2D eigenvalue weighted by Crippen LogP contribution is -2.41. The normalized spacial score (nSPS) is 17.3. The molecular weight excluding hydrogens is 296 g/mol. The van der Waals surface area contributed by atoms with Crippen LogP contribution >= 0.6 is 0 Å². The number of guanidine groups is 1. The zero-order chi connectivity index (χ0) is 17.4. The van der Waals surface area contributed by atoms with Crippen LogP contribution < -0.4 is 10.6 Å². The maximum absolute atomic E-state index is 4.70. The second-order valence-electron chi connectivity index (χ2n) is 7.27. The maximum atomic E-state index is 4.70. The van der Waals surface area contributed by atoms with Crippen LogP contribution in [0.15, 0.2) is 29.3 Å². The van der Waals surface area contributed by atoms with Crippen molar-refractivity contribution >= 4 is 5.96 Å². The van der Waals surface area contributed by atoms with Gasteiger partial charge in [0.25, 0.3) is 0 Å². The lowest BCUT2D eigenvalue weighted by atomic mass is 9.98. The van der Waals surface area contributed by atoms with Gasteiger partial charge in [-0.15, -0.1) is 0 Å². The first-order chi connectivity index (χ1) is 11.6. The summed E-state index contributed by atoms with van der Waals surface area (Å²) < 4.78 is 0. The van der Waals surface area contributed by atoms with Gasteiger partial charge in [0.2, 0.25) is 0 Å². The van der Waals surface area contributed by atoms with Crippen molar-refractivity contribution in [2.75, 3.05) is 19.6 Å². The van der Waals surface area contributed by atoms with Crippen molar-refractivity contribution in [3.05, 3.63) is 35.4 Å². The Labute approximate surface area is 147 Å². The van der Waals surface area contributed by atoms with E-state index in [4.69, 9.17) is 4.99 Å². The maximum Gasteiger partial charge on any atom is 0.191 e. The van der Waals surface area contributed by atoms with Gasteiger partial charge in [0, 0.05) is 19.1 Å². The number of piperidine rings is 1. The molecule has 0 bridgehead atoms. The fraction of sp³-hybridized carbons (Fsp3) is 0.650. The number of aliphatic imine (C=N–C) groups is 1. The molecule has 0 radical (unpaired) electrons. The first-order valence-electron chi connectivity index (χ1n) is 9.41. The average Bonchev–Trinajstić information content (AvgIpc) is 2.55. The highest BCUT2D eigenvalue weighted by Crippen LogP contribution is 2.18. The summed E-state index contributed by atoms with van der Waals surface area (Å²) in [6.07, 6.45) is 2.66. The Morgan fingerprint density at radius 1 is 1.25 bits per heavy atom. The van der Waals surface area contributed by atoms with Crippen molar-refractivity contribution in [3.8, 4) is 0 Å². The van der Waals surface area contributed by atoms with Crippen LogP contribution in [-0.4, -0.2) is 36.5 Å². The minimum Gasteiger partial charge on any atom is -0.357 e. The fourth-order valence-electron chi connectivity index (χ4n) is 3.07. The standard InChI is InChI=1S/C20H34N4/c1-5-21-20(23-16(2)3)22-14-18-7-6-8-19(13-18)15-24-11-9-17(4)10-12-24/h6-8,13,16-17H,5,9-12,14-15H2,1-4H3,(H2,21,22,23). The molecular formula is C20H34N4. The van der Waals surface area contributed by atoms with Gasteiger partial charge >= 0.3 is 0 Å².